The zero-order chi connectivity index (χ0) is 94.4. The van der Waals surface area contributed by atoms with Gasteiger partial charge in [0.15, 0.2) is 5.96 Å². The van der Waals surface area contributed by atoms with Crippen molar-refractivity contribution in [2.24, 2.45) is 39.6 Å². The predicted octanol–water partition coefficient (Wildman–Crippen LogP) is 6.72. The van der Waals surface area contributed by atoms with Crippen LogP contribution in [0.4, 0.5) is 52.7 Å². The Bertz CT molecular complexity index is 4270. The van der Waals surface area contributed by atoms with Crippen LogP contribution in [0.3, 0.4) is 0 Å². The summed E-state index contributed by atoms with van der Waals surface area (Å²) in [4.78, 5) is 144. The van der Waals surface area contributed by atoms with Crippen molar-refractivity contribution in [2.75, 3.05) is 19.6 Å². The average molecular weight is 1800 g/mol. The van der Waals surface area contributed by atoms with Gasteiger partial charge in [0.25, 0.3) is 0 Å². The summed E-state index contributed by atoms with van der Waals surface area (Å²) >= 11 is 0. The number of aliphatic carboxylic acids is 4. The smallest absolute Gasteiger partial charge is 0.490 e. The van der Waals surface area contributed by atoms with Crippen molar-refractivity contribution in [3.8, 4) is 11.5 Å². The lowest BCUT2D eigenvalue weighted by Crippen LogP contribution is -2.62. The fourth-order valence-electron chi connectivity index (χ4n) is 13.9. The summed E-state index contributed by atoms with van der Waals surface area (Å²) in [5, 5.41) is 70.6. The SMILES string of the molecule is Cc1cc(O)cc(C)c1C[C@H](N)C(=O)N[C@H](CCCN=C(N)N)C(=O)N[C@@H](Cc1ccccc1)C(=O)N[C@@H](CCCCN)C(=O)N[C@H]1CCCC[C@@H]1NC(=O)[C@H](Cc1ccccc1)N[C@H](CC1CCCCC1)C(=O)NCC1Cc2ccccc2CN1C(=O)[C@@H](N)Cc1ccc(O)cc1.O=C(O)C(F)(F)F.O=C(O)C(F)(F)F.O=C(O)C(F)(F)F.O=C(O)C(F)(F)F. The van der Waals surface area contributed by atoms with Crippen molar-refractivity contribution < 1.29 is 136 Å². The van der Waals surface area contributed by atoms with Crippen molar-refractivity contribution in [1.29, 1.82) is 0 Å². The molecule has 31 nitrogen and oxygen atoms in total. The van der Waals surface area contributed by atoms with Gasteiger partial charge in [-0.2, -0.15) is 52.7 Å². The Hall–Kier alpha value is -11.9. The van der Waals surface area contributed by atoms with Gasteiger partial charge >= 0.3 is 48.6 Å². The quantitative estimate of drug-likeness (QED) is 0.00879. The number of guanidine groups is 1. The number of carboxylic acid groups (broad SMARTS) is 4. The maximum Gasteiger partial charge on any atom is 0.490 e. The predicted molar refractivity (Wildman–Crippen MR) is 434 cm³/mol. The summed E-state index contributed by atoms with van der Waals surface area (Å²) in [5.74, 6) is -14.0. The number of alkyl halides is 12. The Morgan fingerprint density at radius 3 is 1.37 bits per heavy atom. The van der Waals surface area contributed by atoms with Crippen LogP contribution in [-0.2, 0) is 91.4 Å². The first-order chi connectivity index (χ1) is 59.0. The van der Waals surface area contributed by atoms with E-state index in [1.54, 1.807) is 41.3 Å². The van der Waals surface area contributed by atoms with Crippen molar-refractivity contribution >= 4 is 71.2 Å². The number of carbonyl (C=O) groups is 11. The molecule has 0 bridgehead atoms. The molecule has 0 spiro atoms. The minimum absolute atomic E-state index is 0.0232. The van der Waals surface area contributed by atoms with Crippen LogP contribution in [0.25, 0.3) is 0 Å². The molecule has 8 rings (SSSR count). The minimum atomic E-state index is -5.08. The number of aromatic hydroxyl groups is 2. The number of aliphatic imine (C=N–C) groups is 1. The molecule has 1 unspecified atom stereocenters. The maximum atomic E-state index is 15.2. The molecule has 2 aliphatic carbocycles. The van der Waals surface area contributed by atoms with Gasteiger partial charge in [-0.3, -0.25) is 43.9 Å². The van der Waals surface area contributed by atoms with Crippen molar-refractivity contribution in [2.45, 2.75) is 234 Å². The first-order valence-corrected chi connectivity index (χ1v) is 40.0. The summed E-state index contributed by atoms with van der Waals surface area (Å²) in [7, 11) is 0. The highest BCUT2D eigenvalue weighted by Crippen LogP contribution is 2.30. The van der Waals surface area contributed by atoms with E-state index in [1.165, 1.54) is 0 Å². The Morgan fingerprint density at radius 2 is 0.889 bits per heavy atom. The van der Waals surface area contributed by atoms with E-state index in [1.807, 2.05) is 98.8 Å². The molecule has 3 aliphatic rings. The number of phenols is 2. The highest BCUT2D eigenvalue weighted by molar-refractivity contribution is 5.95. The number of rotatable bonds is 34. The standard InChI is InChI=1S/C75H104N14O9.4C2HF3O2/c1-47-37-57(91)38-48(2)58(47)44-59(77)68(92)86-64(30-18-36-81-75(79)80)71(95)88-67(42-51-23-10-5-11-24-51)73(97)87-63(29-16-17-35-76)70(94)84-61-27-14-15-28-62(61)85-72(96)66(41-50-21-8-4-9-22-50)83-65(40-49-19-6-3-7-20-49)69(93)82-45-55-43-53-25-12-13-26-54(53)46-89(55)74(98)60(78)39-52-31-33-56(90)34-32-52;4*3-2(4,5)1(6)7/h4-5,8-13,21-26,31-34,37-38,49,55,59-67,83,90-91H,3,6-7,14-20,27-30,35-36,39-46,76-78H2,1-2H3,(H,82,93)(H,84,94)(H,85,96)(H,86,92)(H,87,97)(H,88,95)(H4,79,80,81);4*(H,6,7)/t55?,59-,60-,61-,62-,63-,64+,65+,66-,67-;;;;/m0..../s1. The molecule has 1 aliphatic heterocycles. The number of nitrogens with zero attached hydrogens (tertiary/aromatic N) is 2. The van der Waals surface area contributed by atoms with Crippen LogP contribution < -0.4 is 65.9 Å². The molecule has 696 valence electrons. The van der Waals surface area contributed by atoms with E-state index in [4.69, 9.17) is 68.3 Å². The van der Waals surface area contributed by atoms with Gasteiger partial charge in [-0.25, -0.2) is 19.2 Å². The van der Waals surface area contributed by atoms with E-state index in [0.717, 1.165) is 83.9 Å². The third kappa shape index (κ3) is 38.7. The normalized spacial score (nSPS) is 16.8. The summed E-state index contributed by atoms with van der Waals surface area (Å²) < 4.78 is 127. The second-order valence-electron chi connectivity index (χ2n) is 30.2. The van der Waals surface area contributed by atoms with Gasteiger partial charge in [0.2, 0.25) is 41.4 Å². The number of amides is 7. The zero-order valence-corrected chi connectivity index (χ0v) is 68.9. The highest BCUT2D eigenvalue weighted by atomic mass is 19.4. The molecular formula is C83H108F12N14O17. The van der Waals surface area contributed by atoms with E-state index in [0.29, 0.717) is 57.2 Å². The van der Waals surface area contributed by atoms with Gasteiger partial charge in [-0.1, -0.05) is 142 Å². The van der Waals surface area contributed by atoms with E-state index in [2.05, 4.69) is 42.2 Å². The molecule has 2 fully saturated rings. The number of nitrogens with one attached hydrogen (secondary N) is 7. The van der Waals surface area contributed by atoms with Crippen LogP contribution in [0, 0.1) is 19.8 Å². The number of phenolic OH excluding ortho intramolecular Hbond substituents is 2. The van der Waals surface area contributed by atoms with E-state index < -0.39 is 133 Å². The first-order valence-electron chi connectivity index (χ1n) is 40.0. The molecule has 5 aromatic rings. The Morgan fingerprint density at radius 1 is 0.468 bits per heavy atom. The number of hydrogen-bond acceptors (Lipinski definition) is 18. The summed E-state index contributed by atoms with van der Waals surface area (Å²) in [6.07, 6.45) is -9.43. The monoisotopic (exact) mass is 1800 g/mol. The zero-order valence-electron chi connectivity index (χ0n) is 68.9. The fourth-order valence-corrected chi connectivity index (χ4v) is 13.9. The third-order valence-corrected chi connectivity index (χ3v) is 20.4. The molecule has 2 saturated carbocycles. The summed E-state index contributed by atoms with van der Waals surface area (Å²) in [6, 6.07) is 27.8. The number of halogens is 12. The van der Waals surface area contributed by atoms with Gasteiger partial charge in [0, 0.05) is 38.1 Å². The van der Waals surface area contributed by atoms with Crippen molar-refractivity contribution in [3.05, 3.63) is 166 Å². The highest BCUT2D eigenvalue weighted by Gasteiger charge is 2.43. The molecule has 1 heterocycles. The Balaban J connectivity index is 0.00000102. The van der Waals surface area contributed by atoms with Crippen molar-refractivity contribution in [1.82, 2.24) is 42.1 Å². The average Bonchev–Trinajstić information content (AvgIpc) is 0.794. The largest absolute Gasteiger partial charge is 0.508 e. The lowest BCUT2D eigenvalue weighted by molar-refractivity contribution is -0.193. The van der Waals surface area contributed by atoms with Gasteiger partial charge in [0.05, 0.1) is 30.2 Å². The molecular weight excluding hydrogens is 1690 g/mol. The molecule has 0 radical (unpaired) electrons. The maximum absolute atomic E-state index is 15.2. The first kappa shape index (κ1) is 106. The Kier molecular flexibility index (Phi) is 43.6. The topological polar surface area (TPSA) is 539 Å². The van der Waals surface area contributed by atoms with Gasteiger partial charge in [-0.05, 0) is 172 Å². The van der Waals surface area contributed by atoms with Crippen LogP contribution in [0.2, 0.25) is 0 Å². The third-order valence-electron chi connectivity index (χ3n) is 20.4. The lowest BCUT2D eigenvalue weighted by atomic mass is 9.84. The molecule has 43 heteroatoms. The number of unbranched alkanes of at least 4 members (excludes halogenated alkanes) is 1. The molecule has 23 N–H and O–H groups in total. The van der Waals surface area contributed by atoms with Crippen LogP contribution in [-0.4, -0.2) is 211 Å². The van der Waals surface area contributed by atoms with Gasteiger partial charge < -0.3 is 96.1 Å². The number of carboxylic acids is 4. The molecule has 7 amide bonds. The van der Waals surface area contributed by atoms with E-state index in [-0.39, 0.29) is 99.1 Å². The van der Waals surface area contributed by atoms with E-state index in [9.17, 15) is 86.9 Å². The van der Waals surface area contributed by atoms with Crippen LogP contribution >= 0.6 is 0 Å². The molecule has 10 atom stereocenters. The number of nitrogens with two attached hydrogens (primary N) is 5. The number of carbonyl (C=O) groups excluding carboxylic acids is 7. The Labute approximate surface area is 717 Å². The number of benzene rings is 5. The summed E-state index contributed by atoms with van der Waals surface area (Å²) in [5.41, 5.74) is 37.1. The fraction of sp³-hybridized carbons (Fsp3) is 0.494. The molecule has 0 saturated heterocycles. The van der Waals surface area contributed by atoms with Crippen molar-refractivity contribution in [3.63, 3.8) is 0 Å². The number of fused-ring (bicyclic) bond motifs is 1. The lowest BCUT2D eigenvalue weighted by Gasteiger charge is -2.39. The number of hydrogen-bond donors (Lipinski definition) is 18. The molecule has 0 aromatic heterocycles. The summed E-state index contributed by atoms with van der Waals surface area (Å²) in [6.45, 7) is 4.58. The van der Waals surface area contributed by atoms with Gasteiger partial charge in [-0.15, -0.1) is 0 Å². The van der Waals surface area contributed by atoms with Gasteiger partial charge in [0.1, 0.15) is 29.6 Å². The molecule has 5 aromatic carbocycles. The minimum Gasteiger partial charge on any atom is -0.508 e. The van der Waals surface area contributed by atoms with Crippen LogP contribution in [0.15, 0.2) is 126 Å². The second-order valence-corrected chi connectivity index (χ2v) is 30.2. The van der Waals surface area contributed by atoms with Crippen LogP contribution in [0.5, 0.6) is 11.5 Å². The van der Waals surface area contributed by atoms with Crippen LogP contribution in [0.1, 0.15) is 141 Å². The number of aryl methyl sites for hydroxylation is 2. The second kappa shape index (κ2) is 51.5. The molecule has 126 heavy (non-hydrogen) atoms. The van der Waals surface area contributed by atoms with E-state index >= 15 is 9.59 Å².